The Labute approximate surface area is 201 Å². The summed E-state index contributed by atoms with van der Waals surface area (Å²) in [6, 6.07) is 8.50. The number of hydrogen-bond acceptors (Lipinski definition) is 6. The Morgan fingerprint density at radius 2 is 1.88 bits per heavy atom. The average Bonchev–Trinajstić information content (AvgIpc) is 3.52. The largest absolute Gasteiger partial charge is 0.497 e. The number of aryl methyl sites for hydroxylation is 1. The summed E-state index contributed by atoms with van der Waals surface area (Å²) in [6.07, 6.45) is 1.59. The topological polar surface area (TPSA) is 88.2 Å². The molecule has 8 nitrogen and oxygen atoms in total. The van der Waals surface area contributed by atoms with Crippen LogP contribution in [0.15, 0.2) is 30.3 Å². The lowest BCUT2D eigenvalue weighted by atomic mass is 9.75. The molecule has 4 aliphatic rings. The fraction of sp³-hybridized carbons (Fsp3) is 0.400. The summed E-state index contributed by atoms with van der Waals surface area (Å²) in [5.41, 5.74) is 1.15. The Balaban J connectivity index is 1.57. The van der Waals surface area contributed by atoms with Crippen molar-refractivity contribution in [1.82, 2.24) is 4.90 Å². The van der Waals surface area contributed by atoms with Gasteiger partial charge in [-0.25, -0.2) is 4.90 Å². The van der Waals surface area contributed by atoms with Gasteiger partial charge in [-0.05, 0) is 50.1 Å². The summed E-state index contributed by atoms with van der Waals surface area (Å²) >= 11 is 6.52. The molecule has 0 aromatic heterocycles. The lowest BCUT2D eigenvalue weighted by Crippen LogP contribution is -2.54. The van der Waals surface area contributed by atoms with E-state index < -0.39 is 23.3 Å². The van der Waals surface area contributed by atoms with Crippen LogP contribution in [0, 0.1) is 18.8 Å². The maximum absolute atomic E-state index is 14.2. The number of carbonyl (C=O) groups is 3. The lowest BCUT2D eigenvalue weighted by molar-refractivity contribution is -0.135. The Hall–Kier alpha value is -3.10. The van der Waals surface area contributed by atoms with Crippen molar-refractivity contribution in [2.24, 2.45) is 11.8 Å². The maximum Gasteiger partial charge on any atom is 0.250 e. The van der Waals surface area contributed by atoms with E-state index in [-0.39, 0.29) is 17.9 Å². The van der Waals surface area contributed by atoms with Gasteiger partial charge in [-0.1, -0.05) is 17.7 Å². The van der Waals surface area contributed by atoms with Crippen molar-refractivity contribution in [1.29, 1.82) is 0 Å². The van der Waals surface area contributed by atoms with Crippen LogP contribution in [0.5, 0.6) is 11.5 Å². The highest BCUT2D eigenvalue weighted by molar-refractivity contribution is 6.35. The molecule has 1 N–H and O–H groups in total. The molecule has 0 radical (unpaired) electrons. The molecule has 3 saturated heterocycles. The third-order valence-corrected chi connectivity index (χ3v) is 8.12. The predicted octanol–water partition coefficient (Wildman–Crippen LogP) is 3.10. The van der Waals surface area contributed by atoms with Gasteiger partial charge < -0.3 is 14.8 Å². The zero-order valence-electron chi connectivity index (χ0n) is 19.1. The first kappa shape index (κ1) is 21.4. The lowest BCUT2D eigenvalue weighted by Gasteiger charge is -2.37. The van der Waals surface area contributed by atoms with E-state index in [1.54, 1.807) is 24.3 Å². The second kappa shape index (κ2) is 7.20. The van der Waals surface area contributed by atoms with E-state index in [0.717, 1.165) is 18.4 Å². The van der Waals surface area contributed by atoms with Crippen LogP contribution in [0.3, 0.4) is 0 Å². The second-order valence-corrected chi connectivity index (χ2v) is 9.75. The van der Waals surface area contributed by atoms with Crippen LogP contribution in [-0.4, -0.2) is 49.4 Å². The van der Waals surface area contributed by atoms with Crippen molar-refractivity contribution in [3.8, 4) is 11.5 Å². The van der Waals surface area contributed by atoms with Crippen LogP contribution in [-0.2, 0) is 19.9 Å². The molecule has 3 fully saturated rings. The smallest absolute Gasteiger partial charge is 0.250 e. The molecule has 4 atom stereocenters. The second-order valence-electron chi connectivity index (χ2n) is 9.35. The minimum absolute atomic E-state index is 0.209. The molecule has 6 rings (SSSR count). The van der Waals surface area contributed by atoms with Gasteiger partial charge in [0.25, 0.3) is 5.91 Å². The number of imide groups is 1. The van der Waals surface area contributed by atoms with Gasteiger partial charge in [0, 0.05) is 17.7 Å². The number of fused-ring (bicyclic) bond motifs is 7. The molecule has 9 heteroatoms. The van der Waals surface area contributed by atoms with E-state index in [0.29, 0.717) is 40.0 Å². The Morgan fingerprint density at radius 3 is 2.62 bits per heavy atom. The van der Waals surface area contributed by atoms with Gasteiger partial charge in [-0.3, -0.25) is 19.3 Å². The predicted molar refractivity (Wildman–Crippen MR) is 125 cm³/mol. The number of benzene rings is 2. The molecule has 34 heavy (non-hydrogen) atoms. The molecule has 4 aliphatic heterocycles. The van der Waals surface area contributed by atoms with E-state index in [9.17, 15) is 14.4 Å². The van der Waals surface area contributed by atoms with E-state index in [4.69, 9.17) is 21.1 Å². The quantitative estimate of drug-likeness (QED) is 0.678. The van der Waals surface area contributed by atoms with Crippen molar-refractivity contribution >= 4 is 40.7 Å². The SMILES string of the molecule is COc1ccc(OC)c(N2C(=O)[C@H]3[C@@H](C2=O)[C@]2(C(=O)Nc4c(Cl)cc(C)cc42)N2CCC[C@@H]32)c1. The molecule has 3 amide bonds. The Kier molecular flexibility index (Phi) is 4.54. The minimum atomic E-state index is -1.27. The molecule has 176 valence electrons. The summed E-state index contributed by atoms with van der Waals surface area (Å²) in [4.78, 5) is 45.1. The number of nitrogens with zero attached hydrogens (tertiary/aromatic N) is 2. The standard InChI is InChI=1S/C25H24ClN3O5/c1-12-9-14-21(15(26)10-12)27-24(32)25(14)20-19(16-5-4-8-28(16)25)22(30)29(23(20)31)17-11-13(33-2)6-7-18(17)34-3/h6-7,9-11,16,19-20H,4-5,8H2,1-3H3,(H,27,32)/t16-,19+,20-,25+/m0/s1. The van der Waals surface area contributed by atoms with Gasteiger partial charge in [0.2, 0.25) is 11.8 Å². The van der Waals surface area contributed by atoms with Gasteiger partial charge in [0.15, 0.2) is 0 Å². The highest BCUT2D eigenvalue weighted by Gasteiger charge is 2.75. The fourth-order valence-electron chi connectivity index (χ4n) is 6.60. The molecule has 2 aromatic carbocycles. The summed E-state index contributed by atoms with van der Waals surface area (Å²) in [5, 5.41) is 3.38. The zero-order chi connectivity index (χ0) is 23.9. The van der Waals surface area contributed by atoms with Crippen LogP contribution in [0.2, 0.25) is 5.02 Å². The number of nitrogens with one attached hydrogen (secondary N) is 1. The van der Waals surface area contributed by atoms with Gasteiger partial charge >= 0.3 is 0 Å². The molecule has 0 saturated carbocycles. The van der Waals surface area contributed by atoms with Crippen LogP contribution in [0.4, 0.5) is 11.4 Å². The third-order valence-electron chi connectivity index (χ3n) is 7.82. The number of carbonyl (C=O) groups excluding carboxylic acids is 3. The molecular weight excluding hydrogens is 458 g/mol. The van der Waals surface area contributed by atoms with Gasteiger partial charge in [0.1, 0.15) is 17.0 Å². The van der Waals surface area contributed by atoms with Gasteiger partial charge in [-0.2, -0.15) is 0 Å². The molecular formula is C25H24ClN3O5. The molecule has 4 heterocycles. The summed E-state index contributed by atoms with van der Waals surface area (Å²) in [7, 11) is 3.01. The average molecular weight is 482 g/mol. The Morgan fingerprint density at radius 1 is 1.09 bits per heavy atom. The van der Waals surface area contributed by atoms with E-state index >= 15 is 0 Å². The first-order valence-electron chi connectivity index (χ1n) is 11.3. The Bertz CT molecular complexity index is 1280. The number of halogens is 1. The van der Waals surface area contributed by atoms with Gasteiger partial charge in [0.05, 0.1) is 42.5 Å². The highest BCUT2D eigenvalue weighted by Crippen LogP contribution is 2.61. The summed E-state index contributed by atoms with van der Waals surface area (Å²) in [6.45, 7) is 2.55. The minimum Gasteiger partial charge on any atom is -0.497 e. The number of amides is 3. The number of rotatable bonds is 3. The van der Waals surface area contributed by atoms with Crippen LogP contribution < -0.4 is 19.7 Å². The van der Waals surface area contributed by atoms with Crippen molar-refractivity contribution in [2.75, 3.05) is 31.0 Å². The van der Waals surface area contributed by atoms with Crippen molar-refractivity contribution < 1.29 is 23.9 Å². The van der Waals surface area contributed by atoms with Crippen molar-refractivity contribution in [2.45, 2.75) is 31.3 Å². The summed E-state index contributed by atoms with van der Waals surface area (Å²) < 4.78 is 10.8. The normalized spacial score (nSPS) is 29.5. The molecule has 2 aromatic rings. The van der Waals surface area contributed by atoms with Gasteiger partial charge in [-0.15, -0.1) is 0 Å². The van der Waals surface area contributed by atoms with E-state index in [1.165, 1.54) is 19.1 Å². The maximum atomic E-state index is 14.2. The molecule has 0 aliphatic carbocycles. The third kappa shape index (κ3) is 2.45. The van der Waals surface area contributed by atoms with Crippen LogP contribution in [0.25, 0.3) is 0 Å². The number of methoxy groups -OCH3 is 2. The van der Waals surface area contributed by atoms with E-state index in [1.807, 2.05) is 13.0 Å². The zero-order valence-corrected chi connectivity index (χ0v) is 19.8. The number of hydrogen-bond donors (Lipinski definition) is 1. The van der Waals surface area contributed by atoms with Crippen LogP contribution >= 0.6 is 11.6 Å². The first-order valence-corrected chi connectivity index (χ1v) is 11.7. The first-order chi connectivity index (χ1) is 16.3. The number of ether oxygens (including phenoxy) is 2. The molecule has 1 spiro atoms. The fourth-order valence-corrected chi connectivity index (χ4v) is 6.93. The number of anilines is 2. The highest BCUT2D eigenvalue weighted by atomic mass is 35.5. The van der Waals surface area contributed by atoms with Crippen LogP contribution in [0.1, 0.15) is 24.0 Å². The van der Waals surface area contributed by atoms with Crippen molar-refractivity contribution in [3.05, 3.63) is 46.5 Å². The summed E-state index contributed by atoms with van der Waals surface area (Å²) in [5.74, 6) is -1.63. The molecule has 0 unspecified atom stereocenters. The molecule has 0 bridgehead atoms. The van der Waals surface area contributed by atoms with Crippen molar-refractivity contribution in [3.63, 3.8) is 0 Å². The monoisotopic (exact) mass is 481 g/mol. The van der Waals surface area contributed by atoms with E-state index in [2.05, 4.69) is 10.2 Å².